The predicted molar refractivity (Wildman–Crippen MR) is 151 cm³/mol. The molecule has 0 unspecified atom stereocenters. The lowest BCUT2D eigenvalue weighted by Gasteiger charge is -2.21. The van der Waals surface area contributed by atoms with Crippen molar-refractivity contribution in [2.45, 2.75) is 77.8 Å². The molecule has 0 radical (unpaired) electrons. The Labute approximate surface area is 202 Å². The van der Waals surface area contributed by atoms with Crippen LogP contribution in [-0.2, 0) is 0 Å². The zero-order valence-electron chi connectivity index (χ0n) is 21.2. The Balaban J connectivity index is 2.42. The van der Waals surface area contributed by atoms with Crippen LogP contribution >= 0.6 is 0 Å². The number of phenolic OH excluding ortho intramolecular Hbond substituents is 1. The molecule has 0 heterocycles. The maximum absolute atomic E-state index is 10.4. The minimum atomic E-state index is -1.60. The first kappa shape index (κ1) is 25.2. The maximum atomic E-state index is 10.4. The van der Waals surface area contributed by atoms with Crippen LogP contribution in [0.3, 0.4) is 0 Å². The van der Waals surface area contributed by atoms with E-state index in [0.29, 0.717) is 0 Å². The summed E-state index contributed by atoms with van der Waals surface area (Å²) < 4.78 is 0. The molecule has 33 heavy (non-hydrogen) atoms. The lowest BCUT2D eigenvalue weighted by atomic mass is 9.92. The standard InChI is InChI=1S/C30H38OSi2/c1-7-32(8-2,9-3)21-19-28-25-15-13-14-16-26(25)29(20-22-33(10-4,11-5)12-6)30-23-24(31)17-18-27(28)30/h13-18,23,31H,7-12H2,1-6H3. The van der Waals surface area contributed by atoms with E-state index in [1.165, 1.54) is 41.7 Å². The minimum Gasteiger partial charge on any atom is -0.508 e. The van der Waals surface area contributed by atoms with E-state index in [-0.39, 0.29) is 5.75 Å². The highest BCUT2D eigenvalue weighted by Crippen LogP contribution is 2.35. The molecule has 3 heteroatoms. The zero-order chi connectivity index (χ0) is 24.1. The number of phenols is 1. The lowest BCUT2D eigenvalue weighted by Crippen LogP contribution is -2.29. The minimum absolute atomic E-state index is 0.282. The fourth-order valence-corrected chi connectivity index (χ4v) is 9.70. The van der Waals surface area contributed by atoms with Gasteiger partial charge < -0.3 is 5.11 Å². The second-order valence-corrected chi connectivity index (χ2v) is 19.1. The van der Waals surface area contributed by atoms with Crippen molar-refractivity contribution in [3.63, 3.8) is 0 Å². The van der Waals surface area contributed by atoms with Gasteiger partial charge in [0.15, 0.2) is 0 Å². The molecule has 0 saturated carbocycles. The fraction of sp³-hybridized carbons (Fsp3) is 0.400. The zero-order valence-corrected chi connectivity index (χ0v) is 23.2. The Kier molecular flexibility index (Phi) is 8.11. The van der Waals surface area contributed by atoms with Gasteiger partial charge in [0.25, 0.3) is 0 Å². The smallest absolute Gasteiger partial charge is 0.138 e. The molecule has 0 atom stereocenters. The van der Waals surface area contributed by atoms with E-state index in [4.69, 9.17) is 0 Å². The van der Waals surface area contributed by atoms with Crippen molar-refractivity contribution in [1.29, 1.82) is 0 Å². The maximum Gasteiger partial charge on any atom is 0.138 e. The molecule has 1 N–H and O–H groups in total. The van der Waals surface area contributed by atoms with Crippen LogP contribution in [0.1, 0.15) is 52.7 Å². The van der Waals surface area contributed by atoms with E-state index in [2.05, 4.69) is 88.7 Å². The molecule has 0 spiro atoms. The highest BCUT2D eigenvalue weighted by Gasteiger charge is 2.25. The van der Waals surface area contributed by atoms with Gasteiger partial charge in [0.1, 0.15) is 21.9 Å². The fourth-order valence-electron chi connectivity index (χ4n) is 4.86. The molecule has 0 aliphatic heterocycles. The molecular weight excluding hydrogens is 433 g/mol. The van der Waals surface area contributed by atoms with Crippen LogP contribution < -0.4 is 0 Å². The normalized spacial score (nSPS) is 11.7. The number of fused-ring (bicyclic) bond motifs is 2. The number of hydrogen-bond acceptors (Lipinski definition) is 1. The van der Waals surface area contributed by atoms with E-state index in [0.717, 1.165) is 27.3 Å². The largest absolute Gasteiger partial charge is 0.508 e. The van der Waals surface area contributed by atoms with Crippen LogP contribution in [-0.4, -0.2) is 21.3 Å². The van der Waals surface area contributed by atoms with Gasteiger partial charge in [0.05, 0.1) is 0 Å². The van der Waals surface area contributed by atoms with E-state index in [1.54, 1.807) is 6.07 Å². The van der Waals surface area contributed by atoms with E-state index >= 15 is 0 Å². The van der Waals surface area contributed by atoms with Crippen molar-refractivity contribution in [3.05, 3.63) is 53.6 Å². The van der Waals surface area contributed by atoms with E-state index in [1.807, 2.05) is 12.1 Å². The summed E-state index contributed by atoms with van der Waals surface area (Å²) in [6, 6.07) is 21.3. The molecule has 3 aromatic rings. The second-order valence-electron chi connectivity index (χ2n) is 9.21. The molecule has 0 fully saturated rings. The van der Waals surface area contributed by atoms with Crippen molar-refractivity contribution in [2.75, 3.05) is 0 Å². The summed E-state index contributed by atoms with van der Waals surface area (Å²) in [7, 11) is -3.19. The summed E-state index contributed by atoms with van der Waals surface area (Å²) in [5.41, 5.74) is 9.71. The van der Waals surface area contributed by atoms with Crippen molar-refractivity contribution < 1.29 is 5.11 Å². The van der Waals surface area contributed by atoms with Gasteiger partial charge in [-0.15, -0.1) is 11.1 Å². The van der Waals surface area contributed by atoms with Crippen molar-refractivity contribution >= 4 is 37.7 Å². The Morgan fingerprint density at radius 3 is 1.39 bits per heavy atom. The van der Waals surface area contributed by atoms with Gasteiger partial charge in [0.2, 0.25) is 0 Å². The first-order valence-corrected chi connectivity index (χ1v) is 17.9. The number of rotatable bonds is 6. The quantitative estimate of drug-likeness (QED) is 0.217. The molecule has 3 rings (SSSR count). The molecule has 0 aliphatic rings. The summed E-state index contributed by atoms with van der Waals surface area (Å²) in [6.45, 7) is 13.8. The predicted octanol–water partition coefficient (Wildman–Crippen LogP) is 8.50. The van der Waals surface area contributed by atoms with Crippen molar-refractivity contribution in [3.8, 4) is 28.7 Å². The van der Waals surface area contributed by atoms with Gasteiger partial charge >= 0.3 is 0 Å². The molecule has 172 valence electrons. The molecule has 1 nitrogen and oxygen atoms in total. The van der Waals surface area contributed by atoms with Crippen LogP contribution in [0, 0.1) is 22.9 Å². The second kappa shape index (κ2) is 10.6. The van der Waals surface area contributed by atoms with Gasteiger partial charge in [0, 0.05) is 16.5 Å². The molecular formula is C30H38OSi2. The number of aromatic hydroxyl groups is 1. The van der Waals surface area contributed by atoms with Crippen molar-refractivity contribution in [2.24, 2.45) is 0 Å². The summed E-state index contributed by atoms with van der Waals surface area (Å²) in [4.78, 5) is 0. The number of hydrogen-bond donors (Lipinski definition) is 1. The molecule has 0 amide bonds. The van der Waals surface area contributed by atoms with Crippen LogP contribution in [0.15, 0.2) is 42.5 Å². The van der Waals surface area contributed by atoms with Crippen molar-refractivity contribution in [1.82, 2.24) is 0 Å². The average Bonchev–Trinajstić information content (AvgIpc) is 2.86. The van der Waals surface area contributed by atoms with Crippen LogP contribution in [0.5, 0.6) is 5.75 Å². The summed E-state index contributed by atoms with van der Waals surface area (Å²) in [5.74, 6) is 7.59. The Morgan fingerprint density at radius 2 is 0.970 bits per heavy atom. The Hall–Kier alpha value is -2.47. The van der Waals surface area contributed by atoms with Gasteiger partial charge in [-0.1, -0.05) is 77.6 Å². The van der Waals surface area contributed by atoms with E-state index < -0.39 is 16.1 Å². The third-order valence-corrected chi connectivity index (χ3v) is 17.4. The molecule has 0 aliphatic carbocycles. The molecule has 0 saturated heterocycles. The van der Waals surface area contributed by atoms with Crippen LogP contribution in [0.25, 0.3) is 21.5 Å². The SMILES string of the molecule is CC[Si](C#Cc1c2ccccc2c(C#C[Si](CC)(CC)CC)c2cc(O)ccc12)(CC)CC. The summed E-state index contributed by atoms with van der Waals surface area (Å²) in [5, 5.41) is 14.8. The Morgan fingerprint density at radius 1 is 0.576 bits per heavy atom. The highest BCUT2D eigenvalue weighted by molar-refractivity contribution is 6.87. The highest BCUT2D eigenvalue weighted by atomic mass is 28.3. The summed E-state index contributed by atoms with van der Waals surface area (Å²) >= 11 is 0. The van der Waals surface area contributed by atoms with Crippen LogP contribution in [0.4, 0.5) is 0 Å². The summed E-state index contributed by atoms with van der Waals surface area (Å²) in [6.07, 6.45) is 0. The topological polar surface area (TPSA) is 20.2 Å². The average molecular weight is 471 g/mol. The monoisotopic (exact) mass is 470 g/mol. The Bertz CT molecular complexity index is 1240. The van der Waals surface area contributed by atoms with Gasteiger partial charge in [-0.25, -0.2) is 0 Å². The molecule has 3 aromatic carbocycles. The lowest BCUT2D eigenvalue weighted by molar-refractivity contribution is 0.476. The van der Waals surface area contributed by atoms with Crippen LogP contribution in [0.2, 0.25) is 36.3 Å². The molecule has 0 bridgehead atoms. The van der Waals surface area contributed by atoms with Gasteiger partial charge in [-0.05, 0) is 70.6 Å². The molecule has 0 aromatic heterocycles. The van der Waals surface area contributed by atoms with E-state index in [9.17, 15) is 5.11 Å². The number of benzene rings is 3. The van der Waals surface area contributed by atoms with Gasteiger partial charge in [-0.3, -0.25) is 0 Å². The third kappa shape index (κ3) is 4.91. The van der Waals surface area contributed by atoms with Gasteiger partial charge in [-0.2, -0.15) is 0 Å². The third-order valence-electron chi connectivity index (χ3n) is 7.97. The first-order valence-electron chi connectivity index (χ1n) is 12.7. The first-order chi connectivity index (χ1) is 15.9.